The second kappa shape index (κ2) is 3.80. The summed E-state index contributed by atoms with van der Waals surface area (Å²) in [6, 6.07) is 8.89. The average molecular weight is 251 g/mol. The number of hydrogen-bond acceptors (Lipinski definition) is 2. The average Bonchev–Trinajstić information content (AvgIpc) is 2.71. The van der Waals surface area contributed by atoms with Gasteiger partial charge in [0.1, 0.15) is 6.26 Å². The lowest BCUT2D eigenvalue weighted by molar-refractivity contribution is 0.103. The lowest BCUT2D eigenvalue weighted by atomic mass is 10.1. The van der Waals surface area contributed by atoms with Crippen molar-refractivity contribution < 1.29 is 9.21 Å². The van der Waals surface area contributed by atoms with Crippen LogP contribution in [0, 0.1) is 0 Å². The van der Waals surface area contributed by atoms with Crippen molar-refractivity contribution in [3.05, 3.63) is 58.5 Å². The molecule has 1 heterocycles. The van der Waals surface area contributed by atoms with E-state index in [9.17, 15) is 4.79 Å². The van der Waals surface area contributed by atoms with Crippen LogP contribution in [0.2, 0.25) is 0 Å². The maximum Gasteiger partial charge on any atom is 0.196 e. The minimum absolute atomic E-state index is 0.0220. The van der Waals surface area contributed by atoms with E-state index in [4.69, 9.17) is 4.42 Å². The Kier molecular flexibility index (Phi) is 2.50. The second-order valence-corrected chi connectivity index (χ2v) is 3.76. The highest BCUT2D eigenvalue weighted by molar-refractivity contribution is 9.10. The number of rotatable bonds is 2. The first-order chi connectivity index (χ1) is 6.77. The van der Waals surface area contributed by atoms with Crippen LogP contribution in [0.15, 0.2) is 51.7 Å². The standard InChI is InChI=1S/C11H7BrO2/c12-10-3-1-8(2-4-10)11(13)9-5-6-14-7-9/h1-7H. The summed E-state index contributed by atoms with van der Waals surface area (Å²) in [4.78, 5) is 11.7. The lowest BCUT2D eigenvalue weighted by Crippen LogP contribution is -1.98. The molecular formula is C11H7BrO2. The van der Waals surface area contributed by atoms with Gasteiger partial charge in [0.05, 0.1) is 11.8 Å². The van der Waals surface area contributed by atoms with Gasteiger partial charge in [-0.3, -0.25) is 4.79 Å². The van der Waals surface area contributed by atoms with Crippen molar-refractivity contribution in [3.63, 3.8) is 0 Å². The fraction of sp³-hybridized carbons (Fsp3) is 0. The zero-order valence-electron chi connectivity index (χ0n) is 7.24. The van der Waals surface area contributed by atoms with Crippen LogP contribution in [0.5, 0.6) is 0 Å². The minimum Gasteiger partial charge on any atom is -0.472 e. The van der Waals surface area contributed by atoms with Crippen LogP contribution in [-0.4, -0.2) is 5.78 Å². The van der Waals surface area contributed by atoms with E-state index in [0.717, 1.165) is 4.47 Å². The van der Waals surface area contributed by atoms with E-state index in [0.29, 0.717) is 11.1 Å². The zero-order chi connectivity index (χ0) is 9.97. The third-order valence-corrected chi connectivity index (χ3v) is 2.42. The van der Waals surface area contributed by atoms with Gasteiger partial charge in [-0.05, 0) is 30.3 Å². The van der Waals surface area contributed by atoms with E-state index in [1.165, 1.54) is 12.5 Å². The van der Waals surface area contributed by atoms with E-state index in [1.807, 2.05) is 12.1 Å². The van der Waals surface area contributed by atoms with Crippen molar-refractivity contribution in [2.75, 3.05) is 0 Å². The van der Waals surface area contributed by atoms with Gasteiger partial charge in [0.15, 0.2) is 5.78 Å². The van der Waals surface area contributed by atoms with E-state index >= 15 is 0 Å². The van der Waals surface area contributed by atoms with Gasteiger partial charge in [-0.1, -0.05) is 15.9 Å². The number of carbonyl (C=O) groups excluding carboxylic acids is 1. The normalized spacial score (nSPS) is 10.1. The molecule has 2 rings (SSSR count). The van der Waals surface area contributed by atoms with Crippen LogP contribution in [0.25, 0.3) is 0 Å². The van der Waals surface area contributed by atoms with Gasteiger partial charge in [-0.15, -0.1) is 0 Å². The molecule has 2 nitrogen and oxygen atoms in total. The van der Waals surface area contributed by atoms with E-state index < -0.39 is 0 Å². The smallest absolute Gasteiger partial charge is 0.196 e. The highest BCUT2D eigenvalue weighted by atomic mass is 79.9. The quantitative estimate of drug-likeness (QED) is 0.766. The van der Waals surface area contributed by atoms with Crippen molar-refractivity contribution in [3.8, 4) is 0 Å². The van der Waals surface area contributed by atoms with E-state index in [1.54, 1.807) is 18.2 Å². The fourth-order valence-electron chi connectivity index (χ4n) is 1.16. The molecule has 0 spiro atoms. The Bertz CT molecular complexity index is 429. The number of benzene rings is 1. The van der Waals surface area contributed by atoms with Crippen LogP contribution in [0.1, 0.15) is 15.9 Å². The molecule has 0 unspecified atom stereocenters. The Morgan fingerprint density at radius 3 is 2.36 bits per heavy atom. The Labute approximate surface area is 89.7 Å². The highest BCUT2D eigenvalue weighted by Crippen LogP contribution is 2.14. The SMILES string of the molecule is O=C(c1ccc(Br)cc1)c1ccoc1. The van der Waals surface area contributed by atoms with E-state index in [-0.39, 0.29) is 5.78 Å². The number of ketones is 1. The molecule has 0 N–H and O–H groups in total. The monoisotopic (exact) mass is 250 g/mol. The first-order valence-electron chi connectivity index (χ1n) is 4.10. The highest BCUT2D eigenvalue weighted by Gasteiger charge is 2.09. The van der Waals surface area contributed by atoms with Crippen LogP contribution >= 0.6 is 15.9 Å². The predicted molar refractivity (Wildman–Crippen MR) is 56.3 cm³/mol. The third-order valence-electron chi connectivity index (χ3n) is 1.89. The fourth-order valence-corrected chi connectivity index (χ4v) is 1.43. The molecule has 1 aromatic carbocycles. The summed E-state index contributed by atoms with van der Waals surface area (Å²) in [6.45, 7) is 0. The summed E-state index contributed by atoms with van der Waals surface area (Å²) in [5, 5.41) is 0. The summed E-state index contributed by atoms with van der Waals surface area (Å²) in [7, 11) is 0. The van der Waals surface area contributed by atoms with Crippen molar-refractivity contribution in [1.29, 1.82) is 0 Å². The molecule has 0 aliphatic carbocycles. The summed E-state index contributed by atoms with van der Waals surface area (Å²) >= 11 is 3.31. The van der Waals surface area contributed by atoms with Crippen molar-refractivity contribution in [2.45, 2.75) is 0 Å². The van der Waals surface area contributed by atoms with Crippen molar-refractivity contribution in [1.82, 2.24) is 0 Å². The van der Waals surface area contributed by atoms with Gasteiger partial charge in [-0.2, -0.15) is 0 Å². The summed E-state index contributed by atoms with van der Waals surface area (Å²) in [5.74, 6) is -0.0220. The Balaban J connectivity index is 2.33. The van der Waals surface area contributed by atoms with Crippen LogP contribution in [-0.2, 0) is 0 Å². The van der Waals surface area contributed by atoms with Gasteiger partial charge in [0, 0.05) is 10.0 Å². The molecule has 0 aliphatic rings. The molecule has 0 radical (unpaired) electrons. The molecule has 70 valence electrons. The van der Waals surface area contributed by atoms with Crippen LogP contribution in [0.4, 0.5) is 0 Å². The van der Waals surface area contributed by atoms with Gasteiger partial charge >= 0.3 is 0 Å². The maximum atomic E-state index is 11.7. The first kappa shape index (κ1) is 9.21. The molecule has 14 heavy (non-hydrogen) atoms. The lowest BCUT2D eigenvalue weighted by Gasteiger charge is -1.97. The van der Waals surface area contributed by atoms with Crippen LogP contribution < -0.4 is 0 Å². The van der Waals surface area contributed by atoms with Crippen molar-refractivity contribution >= 4 is 21.7 Å². The number of furan rings is 1. The molecule has 2 aromatic rings. The van der Waals surface area contributed by atoms with Gasteiger partial charge in [0.25, 0.3) is 0 Å². The summed E-state index contributed by atoms with van der Waals surface area (Å²) in [6.07, 6.45) is 2.94. The number of halogens is 1. The molecule has 1 aromatic heterocycles. The Hall–Kier alpha value is -1.35. The topological polar surface area (TPSA) is 30.2 Å². The molecule has 0 bridgehead atoms. The molecule has 0 saturated carbocycles. The molecule has 3 heteroatoms. The zero-order valence-corrected chi connectivity index (χ0v) is 8.82. The molecule has 0 fully saturated rings. The summed E-state index contributed by atoms with van der Waals surface area (Å²) in [5.41, 5.74) is 1.24. The van der Waals surface area contributed by atoms with Crippen LogP contribution in [0.3, 0.4) is 0 Å². The molecular weight excluding hydrogens is 244 g/mol. The number of hydrogen-bond donors (Lipinski definition) is 0. The molecule has 0 amide bonds. The summed E-state index contributed by atoms with van der Waals surface area (Å²) < 4.78 is 5.81. The van der Waals surface area contributed by atoms with Gasteiger partial charge in [0.2, 0.25) is 0 Å². The minimum atomic E-state index is -0.0220. The number of carbonyl (C=O) groups is 1. The molecule has 0 aliphatic heterocycles. The Morgan fingerprint density at radius 1 is 1.07 bits per heavy atom. The van der Waals surface area contributed by atoms with Gasteiger partial charge < -0.3 is 4.42 Å². The first-order valence-corrected chi connectivity index (χ1v) is 4.89. The van der Waals surface area contributed by atoms with Gasteiger partial charge in [-0.25, -0.2) is 0 Å². The van der Waals surface area contributed by atoms with E-state index in [2.05, 4.69) is 15.9 Å². The molecule has 0 atom stereocenters. The third kappa shape index (κ3) is 1.77. The second-order valence-electron chi connectivity index (χ2n) is 2.85. The Morgan fingerprint density at radius 2 is 1.79 bits per heavy atom. The largest absolute Gasteiger partial charge is 0.472 e. The molecule has 0 saturated heterocycles. The van der Waals surface area contributed by atoms with Crippen molar-refractivity contribution in [2.24, 2.45) is 0 Å². The maximum absolute atomic E-state index is 11.7. The predicted octanol–water partition coefficient (Wildman–Crippen LogP) is 3.27.